The first kappa shape index (κ1) is 15.3. The van der Waals surface area contributed by atoms with Crippen LogP contribution in [-0.4, -0.2) is 25.6 Å². The van der Waals surface area contributed by atoms with Crippen LogP contribution in [0, 0.1) is 12.3 Å². The summed E-state index contributed by atoms with van der Waals surface area (Å²) in [7, 11) is 0. The molecule has 3 aromatic rings. The van der Waals surface area contributed by atoms with Gasteiger partial charge < -0.3 is 0 Å². The number of rotatable bonds is 1. The summed E-state index contributed by atoms with van der Waals surface area (Å²) in [6.45, 7) is 6.12. The molecule has 0 saturated carbocycles. The Hall–Kier alpha value is -2.27. The number of carbonyl (C=O) groups is 1. The van der Waals surface area contributed by atoms with E-state index in [2.05, 4.69) is 29.1 Å². The van der Waals surface area contributed by atoms with Gasteiger partial charge in [0.1, 0.15) is 0 Å². The SMILES string of the molecule is Cc1nn2c3c(nnc2c1-c1cccc(Cl)c1)C(=O)CC(C)(C)C3. The minimum Gasteiger partial charge on any atom is -0.292 e. The fourth-order valence-electron chi connectivity index (χ4n) is 3.44. The Morgan fingerprint density at radius 1 is 1.21 bits per heavy atom. The van der Waals surface area contributed by atoms with Gasteiger partial charge in [-0.25, -0.2) is 4.52 Å². The van der Waals surface area contributed by atoms with E-state index in [-0.39, 0.29) is 11.2 Å². The second-order valence-electron chi connectivity index (χ2n) is 7.14. The van der Waals surface area contributed by atoms with Crippen LogP contribution in [0.2, 0.25) is 5.02 Å². The Morgan fingerprint density at radius 3 is 2.75 bits per heavy atom. The molecule has 0 radical (unpaired) electrons. The van der Waals surface area contributed by atoms with E-state index in [0.717, 1.165) is 28.9 Å². The number of halogens is 1. The van der Waals surface area contributed by atoms with Crippen molar-refractivity contribution in [2.24, 2.45) is 5.41 Å². The number of nitrogens with zero attached hydrogens (tertiary/aromatic N) is 4. The number of hydrogen-bond donors (Lipinski definition) is 0. The van der Waals surface area contributed by atoms with Gasteiger partial charge in [0, 0.05) is 11.4 Å². The van der Waals surface area contributed by atoms with Crippen LogP contribution in [0.15, 0.2) is 24.3 Å². The van der Waals surface area contributed by atoms with Gasteiger partial charge in [-0.1, -0.05) is 37.6 Å². The molecule has 1 aromatic carbocycles. The normalized spacial score (nSPS) is 16.4. The third-order valence-corrected chi connectivity index (χ3v) is 4.71. The van der Waals surface area contributed by atoms with Gasteiger partial charge in [-0.05, 0) is 36.5 Å². The van der Waals surface area contributed by atoms with Gasteiger partial charge in [0.15, 0.2) is 17.1 Å². The van der Waals surface area contributed by atoms with E-state index in [1.54, 1.807) is 4.52 Å². The zero-order valence-corrected chi connectivity index (χ0v) is 14.6. The van der Waals surface area contributed by atoms with E-state index in [0.29, 0.717) is 22.8 Å². The van der Waals surface area contributed by atoms with Gasteiger partial charge in [-0.15, -0.1) is 10.2 Å². The van der Waals surface area contributed by atoms with Crippen molar-refractivity contribution < 1.29 is 4.79 Å². The van der Waals surface area contributed by atoms with E-state index >= 15 is 0 Å². The molecular formula is C18H17ClN4O. The lowest BCUT2D eigenvalue weighted by Gasteiger charge is -2.29. The van der Waals surface area contributed by atoms with Gasteiger partial charge in [0.25, 0.3) is 0 Å². The molecule has 0 atom stereocenters. The third kappa shape index (κ3) is 2.31. The maximum Gasteiger partial charge on any atom is 0.185 e. The first-order chi connectivity index (χ1) is 11.4. The van der Waals surface area contributed by atoms with E-state index in [4.69, 9.17) is 11.6 Å². The van der Waals surface area contributed by atoms with Crippen molar-refractivity contribution >= 4 is 23.0 Å². The summed E-state index contributed by atoms with van der Waals surface area (Å²) in [4.78, 5) is 12.4. The Labute approximate surface area is 144 Å². The molecule has 0 N–H and O–H groups in total. The smallest absolute Gasteiger partial charge is 0.185 e. The molecule has 1 aliphatic rings. The molecule has 0 aliphatic heterocycles. The molecule has 2 aromatic heterocycles. The van der Waals surface area contributed by atoms with Crippen LogP contribution in [0.3, 0.4) is 0 Å². The number of benzene rings is 1. The first-order valence-electron chi connectivity index (χ1n) is 7.90. The summed E-state index contributed by atoms with van der Waals surface area (Å²) < 4.78 is 1.78. The van der Waals surface area contributed by atoms with Crippen LogP contribution in [0.4, 0.5) is 0 Å². The zero-order chi connectivity index (χ0) is 17.1. The van der Waals surface area contributed by atoms with Crippen molar-refractivity contribution in [1.82, 2.24) is 19.8 Å². The van der Waals surface area contributed by atoms with Crippen molar-refractivity contribution in [2.45, 2.75) is 33.6 Å². The fraction of sp³-hybridized carbons (Fsp3) is 0.333. The highest BCUT2D eigenvalue weighted by molar-refractivity contribution is 6.30. The lowest BCUT2D eigenvalue weighted by Crippen LogP contribution is -2.30. The molecule has 5 nitrogen and oxygen atoms in total. The first-order valence-corrected chi connectivity index (χ1v) is 8.27. The van der Waals surface area contributed by atoms with Crippen LogP contribution in [-0.2, 0) is 6.42 Å². The molecule has 2 heterocycles. The predicted molar refractivity (Wildman–Crippen MR) is 92.4 cm³/mol. The molecule has 0 bridgehead atoms. The highest BCUT2D eigenvalue weighted by Gasteiger charge is 2.35. The summed E-state index contributed by atoms with van der Waals surface area (Å²) in [5.41, 5.74) is 4.56. The average molecular weight is 341 g/mol. The number of fused-ring (bicyclic) bond motifs is 3. The number of aryl methyl sites for hydroxylation is 1. The highest BCUT2D eigenvalue weighted by atomic mass is 35.5. The van der Waals surface area contributed by atoms with E-state index in [1.807, 2.05) is 31.2 Å². The topological polar surface area (TPSA) is 60.1 Å². The van der Waals surface area contributed by atoms with Crippen molar-refractivity contribution in [3.8, 4) is 11.1 Å². The van der Waals surface area contributed by atoms with Crippen molar-refractivity contribution in [1.29, 1.82) is 0 Å². The zero-order valence-electron chi connectivity index (χ0n) is 13.8. The standard InChI is InChI=1S/C18H17ClN4O/c1-10-15(11-5-4-6-12(19)7-11)17-21-20-16-13(23(17)22-10)8-18(2,3)9-14(16)24/h4-7H,8-9H2,1-3H3. The Kier molecular flexibility index (Phi) is 3.25. The van der Waals surface area contributed by atoms with Crippen molar-refractivity contribution in [2.75, 3.05) is 0 Å². The Bertz CT molecular complexity index is 990. The maximum atomic E-state index is 12.4. The Morgan fingerprint density at radius 2 is 2.00 bits per heavy atom. The largest absolute Gasteiger partial charge is 0.292 e. The van der Waals surface area contributed by atoms with E-state index < -0.39 is 0 Å². The quantitative estimate of drug-likeness (QED) is 0.674. The molecular weight excluding hydrogens is 324 g/mol. The lowest BCUT2D eigenvalue weighted by atomic mass is 9.77. The van der Waals surface area contributed by atoms with Crippen molar-refractivity contribution in [3.05, 3.63) is 46.4 Å². The average Bonchev–Trinajstić information content (AvgIpc) is 2.82. The number of hydrogen-bond acceptors (Lipinski definition) is 4. The molecule has 0 spiro atoms. The molecule has 0 saturated heterocycles. The molecule has 0 fully saturated rings. The molecule has 4 rings (SSSR count). The second kappa shape index (κ2) is 5.11. The number of ketones is 1. The summed E-state index contributed by atoms with van der Waals surface area (Å²) >= 11 is 6.13. The predicted octanol–water partition coefficient (Wildman–Crippen LogP) is 3.91. The number of aromatic nitrogens is 4. The van der Waals surface area contributed by atoms with E-state index in [9.17, 15) is 4.79 Å². The molecule has 0 amide bonds. The fourth-order valence-corrected chi connectivity index (χ4v) is 3.63. The van der Waals surface area contributed by atoms with Gasteiger partial charge >= 0.3 is 0 Å². The lowest BCUT2D eigenvalue weighted by molar-refractivity contribution is 0.0901. The van der Waals surface area contributed by atoms with Crippen LogP contribution < -0.4 is 0 Å². The van der Waals surface area contributed by atoms with Crippen LogP contribution in [0.25, 0.3) is 16.8 Å². The van der Waals surface area contributed by atoms with Crippen LogP contribution in [0.5, 0.6) is 0 Å². The number of Topliss-reactive ketones (excluding diaryl/α,β-unsaturated/α-hetero) is 1. The van der Waals surface area contributed by atoms with Gasteiger partial charge in [0.2, 0.25) is 0 Å². The molecule has 24 heavy (non-hydrogen) atoms. The minimum absolute atomic E-state index is 0.0353. The second-order valence-corrected chi connectivity index (χ2v) is 7.58. The summed E-state index contributed by atoms with van der Waals surface area (Å²) in [6, 6.07) is 7.60. The highest BCUT2D eigenvalue weighted by Crippen LogP contribution is 2.36. The third-order valence-electron chi connectivity index (χ3n) is 4.47. The van der Waals surface area contributed by atoms with Crippen LogP contribution in [0.1, 0.15) is 42.1 Å². The van der Waals surface area contributed by atoms with Gasteiger partial charge in [-0.2, -0.15) is 5.10 Å². The molecule has 122 valence electrons. The summed E-state index contributed by atoms with van der Waals surface area (Å²) in [6.07, 6.45) is 1.23. The van der Waals surface area contributed by atoms with E-state index in [1.165, 1.54) is 0 Å². The van der Waals surface area contributed by atoms with Gasteiger partial charge in [0.05, 0.1) is 17.0 Å². The Balaban J connectivity index is 2.00. The van der Waals surface area contributed by atoms with Crippen LogP contribution >= 0.6 is 11.6 Å². The number of carbonyl (C=O) groups excluding carboxylic acids is 1. The minimum atomic E-state index is -0.101. The van der Waals surface area contributed by atoms with Gasteiger partial charge in [-0.3, -0.25) is 4.79 Å². The molecule has 1 aliphatic carbocycles. The maximum absolute atomic E-state index is 12.4. The summed E-state index contributed by atoms with van der Waals surface area (Å²) in [5, 5.41) is 13.8. The monoisotopic (exact) mass is 340 g/mol. The van der Waals surface area contributed by atoms with Crippen molar-refractivity contribution in [3.63, 3.8) is 0 Å². The molecule has 6 heteroatoms. The molecule has 0 unspecified atom stereocenters. The summed E-state index contributed by atoms with van der Waals surface area (Å²) in [5.74, 6) is 0.0353.